The lowest BCUT2D eigenvalue weighted by molar-refractivity contribution is -0.138. The number of rotatable bonds is 10. The number of carbonyl (C=O) groups excluding carboxylic acids is 3. The maximum atomic E-state index is 12.5. The second-order valence-corrected chi connectivity index (χ2v) is 5.85. The summed E-state index contributed by atoms with van der Waals surface area (Å²) in [7, 11) is 0. The number of nitrogens with one attached hydrogen (secondary N) is 4. The molecule has 144 valence electrons. The van der Waals surface area contributed by atoms with Crippen LogP contribution in [0.2, 0.25) is 0 Å². The van der Waals surface area contributed by atoms with Gasteiger partial charge < -0.3 is 31.8 Å². The van der Waals surface area contributed by atoms with Crippen LogP contribution in [0.5, 0.6) is 0 Å². The molecule has 0 aliphatic heterocycles. The van der Waals surface area contributed by atoms with Gasteiger partial charge in [-0.15, -0.1) is 0 Å². The van der Waals surface area contributed by atoms with E-state index in [4.69, 9.17) is 10.8 Å². The number of aromatic amines is 1. The van der Waals surface area contributed by atoms with Crippen LogP contribution in [0.4, 0.5) is 0 Å². The number of aromatic nitrogens is 2. The third kappa shape index (κ3) is 7.11. The topological polar surface area (TPSA) is 179 Å². The van der Waals surface area contributed by atoms with Gasteiger partial charge in [0, 0.05) is 24.1 Å². The smallest absolute Gasteiger partial charge is 0.322 e. The first-order valence-corrected chi connectivity index (χ1v) is 8.31. The maximum Gasteiger partial charge on any atom is 0.322 e. The molecule has 11 nitrogen and oxygen atoms in total. The van der Waals surface area contributed by atoms with Gasteiger partial charge in [0.05, 0.1) is 12.4 Å². The predicted octanol–water partition coefficient (Wildman–Crippen LogP) is -2.60. The molecule has 7 N–H and O–H groups in total. The van der Waals surface area contributed by atoms with E-state index in [1.807, 2.05) is 0 Å². The van der Waals surface area contributed by atoms with Gasteiger partial charge in [-0.3, -0.25) is 19.2 Å². The molecule has 1 rings (SSSR count). The molecule has 1 aromatic heterocycles. The Morgan fingerprint density at radius 1 is 1.23 bits per heavy atom. The SMILES string of the molecule is CC(N)C(=O)NC(Cc1cnc[nH]1)C(=O)NC(CS)C(=O)NCC(=O)O. The van der Waals surface area contributed by atoms with Crippen molar-refractivity contribution in [3.05, 3.63) is 18.2 Å². The molecular formula is C14H22N6O5S. The lowest BCUT2D eigenvalue weighted by Crippen LogP contribution is -2.57. The molecule has 3 unspecified atom stereocenters. The van der Waals surface area contributed by atoms with Gasteiger partial charge in [-0.1, -0.05) is 0 Å². The summed E-state index contributed by atoms with van der Waals surface area (Å²) in [4.78, 5) is 53.5. The highest BCUT2D eigenvalue weighted by Gasteiger charge is 2.27. The fourth-order valence-electron chi connectivity index (χ4n) is 1.88. The first-order chi connectivity index (χ1) is 12.2. The molecule has 0 saturated heterocycles. The van der Waals surface area contributed by atoms with Crippen molar-refractivity contribution in [1.29, 1.82) is 0 Å². The van der Waals surface area contributed by atoms with Crippen LogP contribution in [-0.2, 0) is 25.6 Å². The Morgan fingerprint density at radius 2 is 1.88 bits per heavy atom. The number of thiol groups is 1. The fourth-order valence-corrected chi connectivity index (χ4v) is 2.14. The molecule has 3 atom stereocenters. The molecule has 26 heavy (non-hydrogen) atoms. The molecule has 0 spiro atoms. The number of H-pyrrole nitrogens is 1. The minimum absolute atomic E-state index is 0.0603. The minimum Gasteiger partial charge on any atom is -0.480 e. The molecule has 0 aliphatic carbocycles. The van der Waals surface area contributed by atoms with Crippen molar-refractivity contribution >= 4 is 36.3 Å². The number of hydrogen-bond donors (Lipinski definition) is 7. The number of aliphatic carboxylic acids is 1. The van der Waals surface area contributed by atoms with Crippen molar-refractivity contribution in [2.24, 2.45) is 5.73 Å². The Balaban J connectivity index is 2.79. The summed E-state index contributed by atoms with van der Waals surface area (Å²) in [6, 6.07) is -2.91. The standard InChI is InChI=1S/C14H22N6O5S/c1-7(15)12(23)19-9(2-8-3-16-6-18-8)14(25)20-10(5-26)13(24)17-4-11(21)22/h3,6-7,9-10,26H,2,4-5,15H2,1H3,(H,16,18)(H,17,24)(H,19,23)(H,20,25)(H,21,22). The number of carbonyl (C=O) groups is 4. The van der Waals surface area contributed by atoms with Gasteiger partial charge in [-0.25, -0.2) is 4.98 Å². The molecule has 0 saturated carbocycles. The Labute approximate surface area is 154 Å². The summed E-state index contributed by atoms with van der Waals surface area (Å²) in [5.74, 6) is -3.16. The van der Waals surface area contributed by atoms with Crippen molar-refractivity contribution in [1.82, 2.24) is 25.9 Å². The number of nitrogens with zero attached hydrogens (tertiary/aromatic N) is 1. The predicted molar refractivity (Wildman–Crippen MR) is 94.3 cm³/mol. The van der Waals surface area contributed by atoms with E-state index in [-0.39, 0.29) is 12.2 Å². The summed E-state index contributed by atoms with van der Waals surface area (Å²) in [5, 5.41) is 15.7. The van der Waals surface area contributed by atoms with Crippen LogP contribution in [0.15, 0.2) is 12.5 Å². The monoisotopic (exact) mass is 386 g/mol. The van der Waals surface area contributed by atoms with E-state index >= 15 is 0 Å². The highest BCUT2D eigenvalue weighted by atomic mass is 32.1. The number of amides is 3. The van der Waals surface area contributed by atoms with Crippen LogP contribution in [-0.4, -0.2) is 69.2 Å². The second-order valence-electron chi connectivity index (χ2n) is 5.49. The second kappa shape index (κ2) is 10.4. The number of hydrogen-bond acceptors (Lipinski definition) is 7. The Morgan fingerprint density at radius 3 is 2.38 bits per heavy atom. The third-order valence-corrected chi connectivity index (χ3v) is 3.62. The molecule has 3 amide bonds. The van der Waals surface area contributed by atoms with Crippen molar-refractivity contribution in [3.63, 3.8) is 0 Å². The van der Waals surface area contributed by atoms with Crippen LogP contribution < -0.4 is 21.7 Å². The summed E-state index contributed by atoms with van der Waals surface area (Å²) >= 11 is 3.99. The average Bonchev–Trinajstić information content (AvgIpc) is 3.09. The highest BCUT2D eigenvalue weighted by Crippen LogP contribution is 2.01. The molecule has 0 aromatic carbocycles. The molecule has 1 heterocycles. The fraction of sp³-hybridized carbons (Fsp3) is 0.500. The molecule has 0 fully saturated rings. The largest absolute Gasteiger partial charge is 0.480 e. The van der Waals surface area contributed by atoms with Gasteiger partial charge in [0.1, 0.15) is 18.6 Å². The maximum absolute atomic E-state index is 12.5. The first kappa shape index (κ1) is 21.4. The van der Waals surface area contributed by atoms with Gasteiger partial charge in [-0.2, -0.15) is 12.6 Å². The van der Waals surface area contributed by atoms with Crippen molar-refractivity contribution < 1.29 is 24.3 Å². The van der Waals surface area contributed by atoms with E-state index in [1.54, 1.807) is 0 Å². The minimum atomic E-state index is -1.22. The Hall–Kier alpha value is -2.60. The number of carboxylic acid groups (broad SMARTS) is 1. The molecule has 0 bridgehead atoms. The van der Waals surface area contributed by atoms with Gasteiger partial charge in [0.25, 0.3) is 0 Å². The Kier molecular flexibility index (Phi) is 8.58. The summed E-state index contributed by atoms with van der Waals surface area (Å²) in [6.45, 7) is 0.883. The first-order valence-electron chi connectivity index (χ1n) is 7.68. The lowest BCUT2D eigenvalue weighted by Gasteiger charge is -2.22. The quantitative estimate of drug-likeness (QED) is 0.215. The van der Waals surface area contributed by atoms with Crippen LogP contribution in [0.3, 0.4) is 0 Å². The van der Waals surface area contributed by atoms with Crippen molar-refractivity contribution in [2.45, 2.75) is 31.5 Å². The lowest BCUT2D eigenvalue weighted by atomic mass is 10.1. The van der Waals surface area contributed by atoms with E-state index in [0.717, 1.165) is 0 Å². The normalized spacial score (nSPS) is 14.0. The van der Waals surface area contributed by atoms with Crippen LogP contribution in [0, 0.1) is 0 Å². The van der Waals surface area contributed by atoms with Gasteiger partial charge >= 0.3 is 5.97 Å². The van der Waals surface area contributed by atoms with Crippen molar-refractivity contribution in [3.8, 4) is 0 Å². The van der Waals surface area contributed by atoms with E-state index in [0.29, 0.717) is 5.69 Å². The zero-order valence-electron chi connectivity index (χ0n) is 14.1. The number of nitrogens with two attached hydrogens (primary N) is 1. The highest BCUT2D eigenvalue weighted by molar-refractivity contribution is 7.80. The van der Waals surface area contributed by atoms with Crippen LogP contribution >= 0.6 is 12.6 Å². The van der Waals surface area contributed by atoms with E-state index in [2.05, 4.69) is 38.5 Å². The van der Waals surface area contributed by atoms with Crippen LogP contribution in [0.1, 0.15) is 12.6 Å². The summed E-state index contributed by atoms with van der Waals surface area (Å²) < 4.78 is 0. The third-order valence-electron chi connectivity index (χ3n) is 3.25. The molecule has 0 radical (unpaired) electrons. The van der Waals surface area contributed by atoms with Crippen molar-refractivity contribution in [2.75, 3.05) is 12.3 Å². The van der Waals surface area contributed by atoms with E-state index < -0.39 is 48.4 Å². The molecule has 0 aliphatic rings. The zero-order valence-corrected chi connectivity index (χ0v) is 15.0. The zero-order chi connectivity index (χ0) is 19.7. The number of imidazole rings is 1. The van der Waals surface area contributed by atoms with E-state index in [9.17, 15) is 19.2 Å². The number of carboxylic acids is 1. The van der Waals surface area contributed by atoms with Crippen LogP contribution in [0.25, 0.3) is 0 Å². The van der Waals surface area contributed by atoms with Gasteiger partial charge in [-0.05, 0) is 6.92 Å². The molecule has 1 aromatic rings. The summed E-state index contributed by atoms with van der Waals surface area (Å²) in [5.41, 5.74) is 6.10. The average molecular weight is 386 g/mol. The Bertz CT molecular complexity index is 636. The van der Waals surface area contributed by atoms with Gasteiger partial charge in [0.15, 0.2) is 0 Å². The van der Waals surface area contributed by atoms with Gasteiger partial charge in [0.2, 0.25) is 17.7 Å². The van der Waals surface area contributed by atoms with E-state index in [1.165, 1.54) is 19.4 Å². The molecular weight excluding hydrogens is 364 g/mol. The summed E-state index contributed by atoms with van der Waals surface area (Å²) in [6.07, 6.45) is 3.02. The molecule has 12 heteroatoms.